The van der Waals surface area contributed by atoms with Gasteiger partial charge in [-0.25, -0.2) is 0 Å². The van der Waals surface area contributed by atoms with Gasteiger partial charge in [-0.15, -0.1) is 24.0 Å². The van der Waals surface area contributed by atoms with Crippen molar-refractivity contribution in [2.45, 2.75) is 45.1 Å². The van der Waals surface area contributed by atoms with Crippen LogP contribution in [0.5, 0.6) is 0 Å². The topological polar surface area (TPSA) is 36.9 Å². The Bertz CT molecular complexity index is 540. The van der Waals surface area contributed by atoms with Gasteiger partial charge in [0, 0.05) is 43.2 Å². The maximum atomic E-state index is 5.74. The highest BCUT2D eigenvalue weighted by atomic mass is 127. The molecule has 6 heteroatoms. The number of ether oxygens (including phenoxy) is 1. The van der Waals surface area contributed by atoms with Crippen LogP contribution < -0.4 is 5.32 Å². The minimum absolute atomic E-state index is 0. The van der Waals surface area contributed by atoms with Gasteiger partial charge < -0.3 is 15.0 Å². The lowest BCUT2D eigenvalue weighted by molar-refractivity contribution is 0.0263. The summed E-state index contributed by atoms with van der Waals surface area (Å²) in [6.45, 7) is 10.3. The summed E-state index contributed by atoms with van der Waals surface area (Å²) in [5, 5.41) is 3.56. The number of hydrogen-bond acceptors (Lipinski definition) is 2. The van der Waals surface area contributed by atoms with Gasteiger partial charge in [-0.3, -0.25) is 4.99 Å². The zero-order chi connectivity index (χ0) is 17.6. The van der Waals surface area contributed by atoms with Gasteiger partial charge in [-0.1, -0.05) is 41.9 Å². The lowest BCUT2D eigenvalue weighted by Crippen LogP contribution is -2.49. The molecule has 1 fully saturated rings. The number of piperidine rings is 1. The standard InChI is InChI=1S/C19H30BrN3O.HI/c1-5-24-17-10-12-23(13-11-17)18(21-4)22-14-19(2,3)15-6-8-16(20)9-7-15;/h6-9,17H,5,10-14H2,1-4H3,(H,21,22);1H. The average Bonchev–Trinajstić information content (AvgIpc) is 2.57. The van der Waals surface area contributed by atoms with Gasteiger partial charge in [-0.2, -0.15) is 0 Å². The molecule has 1 N–H and O–H groups in total. The van der Waals surface area contributed by atoms with E-state index in [1.807, 2.05) is 7.05 Å². The Kier molecular flexibility index (Phi) is 9.74. The van der Waals surface area contributed by atoms with E-state index < -0.39 is 0 Å². The van der Waals surface area contributed by atoms with E-state index in [-0.39, 0.29) is 29.4 Å². The molecule has 0 saturated carbocycles. The Morgan fingerprint density at radius 1 is 1.28 bits per heavy atom. The van der Waals surface area contributed by atoms with Gasteiger partial charge in [0.05, 0.1) is 6.10 Å². The van der Waals surface area contributed by atoms with Crippen LogP contribution in [0.25, 0.3) is 0 Å². The number of likely N-dealkylation sites (tertiary alicyclic amines) is 1. The van der Waals surface area contributed by atoms with Crippen LogP contribution in [-0.4, -0.2) is 50.3 Å². The molecular formula is C19H31BrIN3O. The maximum absolute atomic E-state index is 5.74. The fourth-order valence-corrected chi connectivity index (χ4v) is 3.37. The predicted molar refractivity (Wildman–Crippen MR) is 120 cm³/mol. The summed E-state index contributed by atoms with van der Waals surface area (Å²) >= 11 is 3.50. The van der Waals surface area contributed by atoms with Crippen LogP contribution in [0.4, 0.5) is 0 Å². The lowest BCUT2D eigenvalue weighted by Gasteiger charge is -2.35. The molecule has 1 aromatic carbocycles. The van der Waals surface area contributed by atoms with E-state index >= 15 is 0 Å². The van der Waals surface area contributed by atoms with Gasteiger partial charge in [0.1, 0.15) is 0 Å². The Balaban J connectivity index is 0.00000312. The summed E-state index contributed by atoms with van der Waals surface area (Å²) in [7, 11) is 1.86. The number of aliphatic imine (C=N–C) groups is 1. The lowest BCUT2D eigenvalue weighted by atomic mass is 9.85. The summed E-state index contributed by atoms with van der Waals surface area (Å²) in [5.41, 5.74) is 1.36. The zero-order valence-corrected chi connectivity index (χ0v) is 19.6. The first kappa shape index (κ1) is 22.7. The Morgan fingerprint density at radius 3 is 2.40 bits per heavy atom. The summed E-state index contributed by atoms with van der Waals surface area (Å²) in [6, 6.07) is 8.57. The molecule has 1 heterocycles. The molecule has 2 rings (SSSR count). The highest BCUT2D eigenvalue weighted by molar-refractivity contribution is 14.0. The molecule has 142 valence electrons. The molecule has 0 aromatic heterocycles. The molecule has 0 spiro atoms. The number of hydrogen-bond donors (Lipinski definition) is 1. The van der Waals surface area contributed by atoms with E-state index in [2.05, 4.69) is 76.2 Å². The molecule has 1 aliphatic rings. The molecule has 25 heavy (non-hydrogen) atoms. The highest BCUT2D eigenvalue weighted by Crippen LogP contribution is 2.24. The van der Waals surface area contributed by atoms with Crippen LogP contribution in [-0.2, 0) is 10.2 Å². The van der Waals surface area contributed by atoms with E-state index in [1.165, 1.54) is 5.56 Å². The van der Waals surface area contributed by atoms with Crippen LogP contribution >= 0.6 is 39.9 Å². The molecule has 0 bridgehead atoms. The molecule has 1 aromatic rings. The van der Waals surface area contributed by atoms with Gasteiger partial charge in [0.2, 0.25) is 0 Å². The van der Waals surface area contributed by atoms with Crippen LogP contribution in [0.1, 0.15) is 39.2 Å². The quantitative estimate of drug-likeness (QED) is 0.352. The van der Waals surface area contributed by atoms with Crippen molar-refractivity contribution < 1.29 is 4.74 Å². The number of guanidine groups is 1. The molecule has 1 saturated heterocycles. The third-order valence-corrected chi connectivity index (χ3v) is 5.20. The van der Waals surface area contributed by atoms with Crippen molar-refractivity contribution in [1.29, 1.82) is 0 Å². The summed E-state index contributed by atoms with van der Waals surface area (Å²) in [6.07, 6.45) is 2.55. The Morgan fingerprint density at radius 2 is 1.88 bits per heavy atom. The van der Waals surface area contributed by atoms with E-state index in [0.29, 0.717) is 6.10 Å². The van der Waals surface area contributed by atoms with Crippen LogP contribution in [0.15, 0.2) is 33.7 Å². The van der Waals surface area contributed by atoms with Crippen LogP contribution in [0.3, 0.4) is 0 Å². The molecule has 4 nitrogen and oxygen atoms in total. The normalized spacial score (nSPS) is 16.5. The number of nitrogens with one attached hydrogen (secondary N) is 1. The van der Waals surface area contributed by atoms with Gasteiger partial charge in [0.15, 0.2) is 5.96 Å². The van der Waals surface area contributed by atoms with Crippen LogP contribution in [0.2, 0.25) is 0 Å². The number of nitrogens with zero attached hydrogens (tertiary/aromatic N) is 2. The number of benzene rings is 1. The zero-order valence-electron chi connectivity index (χ0n) is 15.7. The fourth-order valence-electron chi connectivity index (χ4n) is 3.11. The predicted octanol–water partition coefficient (Wildman–Crippen LogP) is 4.42. The first-order chi connectivity index (χ1) is 11.5. The highest BCUT2D eigenvalue weighted by Gasteiger charge is 2.24. The second-order valence-electron chi connectivity index (χ2n) is 6.93. The molecule has 0 amide bonds. The van der Waals surface area contributed by atoms with E-state index in [0.717, 1.165) is 49.5 Å². The van der Waals surface area contributed by atoms with Crippen molar-refractivity contribution >= 4 is 45.9 Å². The summed E-state index contributed by atoms with van der Waals surface area (Å²) in [5.74, 6) is 0.995. The molecule has 1 aliphatic heterocycles. The Labute approximate surface area is 177 Å². The smallest absolute Gasteiger partial charge is 0.193 e. The fraction of sp³-hybridized carbons (Fsp3) is 0.632. The molecule has 0 unspecified atom stereocenters. The van der Waals surface area contributed by atoms with E-state index in [9.17, 15) is 0 Å². The first-order valence-electron chi connectivity index (χ1n) is 8.79. The SMILES string of the molecule is CCOC1CCN(C(=NC)NCC(C)(C)c2ccc(Br)cc2)CC1.I. The largest absolute Gasteiger partial charge is 0.378 e. The second-order valence-corrected chi connectivity index (χ2v) is 7.85. The minimum Gasteiger partial charge on any atom is -0.378 e. The van der Waals surface area contributed by atoms with E-state index in [1.54, 1.807) is 0 Å². The average molecular weight is 524 g/mol. The maximum Gasteiger partial charge on any atom is 0.193 e. The summed E-state index contributed by atoms with van der Waals surface area (Å²) in [4.78, 5) is 6.82. The monoisotopic (exact) mass is 523 g/mol. The third kappa shape index (κ3) is 6.71. The number of rotatable bonds is 5. The first-order valence-corrected chi connectivity index (χ1v) is 9.59. The van der Waals surface area contributed by atoms with Gasteiger partial charge in [0.25, 0.3) is 0 Å². The third-order valence-electron chi connectivity index (χ3n) is 4.67. The van der Waals surface area contributed by atoms with Crippen molar-refractivity contribution in [3.05, 3.63) is 34.3 Å². The second kappa shape index (κ2) is 10.7. The Hall–Kier alpha value is -0.340. The molecular weight excluding hydrogens is 493 g/mol. The van der Waals surface area contributed by atoms with Crippen molar-refractivity contribution in [2.24, 2.45) is 4.99 Å². The van der Waals surface area contributed by atoms with Crippen LogP contribution in [0, 0.1) is 0 Å². The minimum atomic E-state index is 0. The summed E-state index contributed by atoms with van der Waals surface area (Å²) < 4.78 is 6.85. The van der Waals surface area contributed by atoms with Gasteiger partial charge >= 0.3 is 0 Å². The van der Waals surface area contributed by atoms with Crippen molar-refractivity contribution in [3.8, 4) is 0 Å². The molecule has 0 radical (unpaired) electrons. The van der Waals surface area contributed by atoms with Crippen molar-refractivity contribution in [3.63, 3.8) is 0 Å². The van der Waals surface area contributed by atoms with Crippen molar-refractivity contribution in [1.82, 2.24) is 10.2 Å². The molecule has 0 atom stereocenters. The molecule has 0 aliphatic carbocycles. The van der Waals surface area contributed by atoms with E-state index in [4.69, 9.17) is 4.74 Å². The van der Waals surface area contributed by atoms with Gasteiger partial charge in [-0.05, 0) is 37.5 Å². The number of halogens is 2. The van der Waals surface area contributed by atoms with Crippen molar-refractivity contribution in [2.75, 3.05) is 33.3 Å².